The van der Waals surface area contributed by atoms with E-state index in [0.717, 1.165) is 24.1 Å². The third-order valence-corrected chi connectivity index (χ3v) is 3.98. The number of rotatable bonds is 11. The van der Waals surface area contributed by atoms with Crippen molar-refractivity contribution in [3.63, 3.8) is 0 Å². The van der Waals surface area contributed by atoms with Crippen LogP contribution in [0.25, 0.3) is 0 Å². The van der Waals surface area contributed by atoms with Crippen molar-refractivity contribution in [2.75, 3.05) is 26.2 Å². The number of unbranched alkanes of at least 4 members (excludes halogenated alkanes) is 5. The highest BCUT2D eigenvalue weighted by Gasteiger charge is 2.24. The van der Waals surface area contributed by atoms with Gasteiger partial charge in [-0.2, -0.15) is 0 Å². The van der Waals surface area contributed by atoms with Crippen molar-refractivity contribution >= 4 is 0 Å². The number of quaternary nitrogens is 1. The fourth-order valence-electron chi connectivity index (χ4n) is 2.68. The van der Waals surface area contributed by atoms with Crippen molar-refractivity contribution in [2.24, 2.45) is 0 Å². The van der Waals surface area contributed by atoms with Crippen molar-refractivity contribution < 1.29 is 9.59 Å². The van der Waals surface area contributed by atoms with E-state index in [1.165, 1.54) is 45.1 Å². The van der Waals surface area contributed by atoms with Gasteiger partial charge < -0.3 is 9.59 Å². The smallest absolute Gasteiger partial charge is 0.105 e. The fraction of sp³-hybridized carbons (Fsp3) is 1.00. The van der Waals surface area contributed by atoms with Gasteiger partial charge in [0.05, 0.1) is 19.6 Å². The molecule has 0 aliphatic carbocycles. The Morgan fingerprint density at radius 1 is 0.882 bits per heavy atom. The lowest BCUT2D eigenvalue weighted by atomic mass is 10.1. The predicted octanol–water partition coefficient (Wildman–Crippen LogP) is 3.58. The molecule has 2 nitrogen and oxygen atoms in total. The highest BCUT2D eigenvalue weighted by molar-refractivity contribution is 4.50. The summed E-state index contributed by atoms with van der Waals surface area (Å²) in [4.78, 5) is 0. The van der Waals surface area contributed by atoms with Crippen LogP contribution in [0.15, 0.2) is 0 Å². The van der Waals surface area contributed by atoms with Crippen LogP contribution < -0.4 is 0 Å². The van der Waals surface area contributed by atoms with Crippen LogP contribution >= 0.6 is 0 Å². The lowest BCUT2D eigenvalue weighted by Crippen LogP contribution is -2.52. The van der Waals surface area contributed by atoms with Crippen LogP contribution in [0.3, 0.4) is 0 Å². The molecule has 1 unspecified atom stereocenters. The van der Waals surface area contributed by atoms with Gasteiger partial charge >= 0.3 is 0 Å². The summed E-state index contributed by atoms with van der Waals surface area (Å²) in [5.41, 5.74) is 0. The second-order valence-corrected chi connectivity index (χ2v) is 5.50. The highest BCUT2D eigenvalue weighted by Crippen LogP contribution is 2.13. The molecule has 0 aromatic heterocycles. The summed E-state index contributed by atoms with van der Waals surface area (Å²) in [5, 5.41) is 9.61. The first-order valence-electron chi connectivity index (χ1n) is 7.63. The minimum absolute atomic E-state index is 0.171. The average molecular weight is 244 g/mol. The number of likely N-dealkylation sites (N-methyl/N-ethyl adjacent to an activating group) is 1. The lowest BCUT2D eigenvalue weighted by molar-refractivity contribution is -0.927. The van der Waals surface area contributed by atoms with Crippen LogP contribution in [0, 0.1) is 0 Å². The third kappa shape index (κ3) is 7.77. The zero-order valence-corrected chi connectivity index (χ0v) is 12.5. The Bertz CT molecular complexity index is 164. The minimum atomic E-state index is -0.171. The van der Waals surface area contributed by atoms with Gasteiger partial charge in [-0.3, -0.25) is 0 Å². The van der Waals surface area contributed by atoms with Crippen LogP contribution in [0.4, 0.5) is 0 Å². The van der Waals surface area contributed by atoms with E-state index in [1.54, 1.807) is 0 Å². The molecule has 1 atom stereocenters. The first-order valence-corrected chi connectivity index (χ1v) is 7.63. The second kappa shape index (κ2) is 9.90. The number of nitrogens with zero attached hydrogens (tertiary/aromatic N) is 1. The summed E-state index contributed by atoms with van der Waals surface area (Å²) in [6.07, 6.45) is 8.00. The van der Waals surface area contributed by atoms with Crippen LogP contribution in [-0.2, 0) is 0 Å². The molecule has 104 valence electrons. The van der Waals surface area contributed by atoms with E-state index in [1.807, 2.05) is 6.92 Å². The van der Waals surface area contributed by atoms with E-state index in [0.29, 0.717) is 0 Å². The summed E-state index contributed by atoms with van der Waals surface area (Å²) in [6.45, 7) is 13.1. The maximum absolute atomic E-state index is 9.61. The Labute approximate surface area is 109 Å². The summed E-state index contributed by atoms with van der Waals surface area (Å²) in [5.74, 6) is 0. The molecule has 1 N–H and O–H groups in total. The number of aliphatic hydroxyl groups is 1. The topological polar surface area (TPSA) is 20.2 Å². The van der Waals surface area contributed by atoms with Gasteiger partial charge in [0.1, 0.15) is 12.6 Å². The fourth-order valence-corrected chi connectivity index (χ4v) is 2.68. The van der Waals surface area contributed by atoms with Crippen LogP contribution in [0.1, 0.15) is 66.2 Å². The van der Waals surface area contributed by atoms with Gasteiger partial charge in [0.2, 0.25) is 0 Å². The van der Waals surface area contributed by atoms with Gasteiger partial charge in [-0.25, -0.2) is 0 Å². The molecule has 0 aromatic rings. The van der Waals surface area contributed by atoms with Gasteiger partial charge in [0, 0.05) is 0 Å². The predicted molar refractivity (Wildman–Crippen MR) is 76.1 cm³/mol. The van der Waals surface area contributed by atoms with E-state index in [-0.39, 0.29) is 6.10 Å². The van der Waals surface area contributed by atoms with Crippen molar-refractivity contribution in [3.8, 4) is 0 Å². The molecule has 0 saturated heterocycles. The SMILES string of the molecule is CCCCCCCC[N+](CC)(CC)CC(C)O. The zero-order valence-electron chi connectivity index (χ0n) is 12.5. The van der Waals surface area contributed by atoms with E-state index in [9.17, 15) is 5.11 Å². The zero-order chi connectivity index (χ0) is 13.1. The minimum Gasteiger partial charge on any atom is -0.388 e. The molecule has 0 bridgehead atoms. The lowest BCUT2D eigenvalue weighted by Gasteiger charge is -2.38. The first-order chi connectivity index (χ1) is 8.10. The third-order valence-electron chi connectivity index (χ3n) is 3.98. The van der Waals surface area contributed by atoms with Crippen molar-refractivity contribution in [3.05, 3.63) is 0 Å². The van der Waals surface area contributed by atoms with E-state index in [2.05, 4.69) is 20.8 Å². The Morgan fingerprint density at radius 2 is 1.41 bits per heavy atom. The van der Waals surface area contributed by atoms with Crippen LogP contribution in [0.5, 0.6) is 0 Å². The first kappa shape index (κ1) is 16.9. The molecular formula is C15H34NO+. The van der Waals surface area contributed by atoms with Crippen molar-refractivity contribution in [1.29, 1.82) is 0 Å². The number of aliphatic hydroxyl groups excluding tert-OH is 1. The molecule has 0 aliphatic heterocycles. The summed E-state index contributed by atoms with van der Waals surface area (Å²) in [6, 6.07) is 0. The second-order valence-electron chi connectivity index (χ2n) is 5.50. The van der Waals surface area contributed by atoms with Gasteiger partial charge in [0.15, 0.2) is 0 Å². The van der Waals surface area contributed by atoms with Crippen LogP contribution in [0.2, 0.25) is 0 Å². The van der Waals surface area contributed by atoms with Gasteiger partial charge in [-0.1, -0.05) is 32.6 Å². The van der Waals surface area contributed by atoms with Gasteiger partial charge in [-0.15, -0.1) is 0 Å². The van der Waals surface area contributed by atoms with Crippen molar-refractivity contribution in [1.82, 2.24) is 0 Å². The molecule has 0 fully saturated rings. The Balaban J connectivity index is 3.84. The molecule has 2 heteroatoms. The van der Waals surface area contributed by atoms with E-state index < -0.39 is 0 Å². The van der Waals surface area contributed by atoms with Gasteiger partial charge in [0.25, 0.3) is 0 Å². The molecule has 17 heavy (non-hydrogen) atoms. The highest BCUT2D eigenvalue weighted by atomic mass is 16.3. The summed E-state index contributed by atoms with van der Waals surface area (Å²) >= 11 is 0. The Hall–Kier alpha value is -0.0800. The monoisotopic (exact) mass is 244 g/mol. The number of hydrogen-bond donors (Lipinski definition) is 1. The molecule has 0 spiro atoms. The van der Waals surface area contributed by atoms with Crippen LogP contribution in [-0.4, -0.2) is 41.9 Å². The normalized spacial score (nSPS) is 13.9. The maximum atomic E-state index is 9.61. The standard InChI is InChI=1S/C15H34NO/c1-5-8-9-10-11-12-13-16(6-2,7-3)14-15(4)17/h15,17H,5-14H2,1-4H3/q+1. The van der Waals surface area contributed by atoms with E-state index >= 15 is 0 Å². The maximum Gasteiger partial charge on any atom is 0.105 e. The molecule has 0 heterocycles. The molecule has 0 rings (SSSR count). The molecule has 0 radical (unpaired) electrons. The summed E-state index contributed by atoms with van der Waals surface area (Å²) in [7, 11) is 0. The number of hydrogen-bond acceptors (Lipinski definition) is 1. The molecule has 0 amide bonds. The van der Waals surface area contributed by atoms with E-state index in [4.69, 9.17) is 0 Å². The largest absolute Gasteiger partial charge is 0.388 e. The Morgan fingerprint density at radius 3 is 1.88 bits per heavy atom. The van der Waals surface area contributed by atoms with Gasteiger partial charge in [-0.05, 0) is 33.6 Å². The molecule has 0 aromatic carbocycles. The summed E-state index contributed by atoms with van der Waals surface area (Å²) < 4.78 is 1.09. The molecular weight excluding hydrogens is 210 g/mol. The average Bonchev–Trinajstić information content (AvgIpc) is 2.31. The van der Waals surface area contributed by atoms with Crippen molar-refractivity contribution in [2.45, 2.75) is 72.3 Å². The molecule has 0 saturated carbocycles. The molecule has 0 aliphatic rings. The quantitative estimate of drug-likeness (QED) is 0.435. The Kier molecular flexibility index (Phi) is 9.85.